The number of rotatable bonds is 1. The van der Waals surface area contributed by atoms with Crippen molar-refractivity contribution in [3.05, 3.63) is 35.6 Å². The molecule has 0 N–H and O–H groups in total. The van der Waals surface area contributed by atoms with Crippen molar-refractivity contribution in [2.24, 2.45) is 0 Å². The third-order valence-electron chi connectivity index (χ3n) is 4.94. The number of halogens is 1. The smallest absolute Gasteiger partial charge is 0.410 e. The maximum absolute atomic E-state index is 13.2. The van der Waals surface area contributed by atoms with Crippen LogP contribution in [0.4, 0.5) is 9.18 Å². The summed E-state index contributed by atoms with van der Waals surface area (Å²) in [7, 11) is 0. The minimum atomic E-state index is -0.560. The van der Waals surface area contributed by atoms with Crippen molar-refractivity contribution in [1.29, 1.82) is 0 Å². The summed E-state index contributed by atoms with van der Waals surface area (Å²) in [6, 6.07) is 5.60. The van der Waals surface area contributed by atoms with Gasteiger partial charge in [0.05, 0.1) is 12.2 Å². The van der Waals surface area contributed by atoms with Gasteiger partial charge in [0.1, 0.15) is 11.4 Å². The Bertz CT molecular complexity index is 710. The van der Waals surface area contributed by atoms with Crippen LogP contribution in [0.3, 0.4) is 0 Å². The normalized spacial score (nSPS) is 20.0. The van der Waals surface area contributed by atoms with Crippen molar-refractivity contribution < 1.29 is 23.5 Å². The van der Waals surface area contributed by atoms with Gasteiger partial charge < -0.3 is 19.3 Å². The molecule has 2 amide bonds. The minimum absolute atomic E-state index is 0.140. The number of ether oxygens (including phenoxy) is 2. The van der Waals surface area contributed by atoms with Crippen molar-refractivity contribution >= 4 is 12.0 Å². The van der Waals surface area contributed by atoms with Gasteiger partial charge in [0.15, 0.2) is 0 Å². The molecule has 1 aliphatic carbocycles. The molecule has 7 heteroatoms. The maximum atomic E-state index is 13.2. The first-order valence-electron chi connectivity index (χ1n) is 9.84. The van der Waals surface area contributed by atoms with E-state index in [0.717, 1.165) is 12.8 Å². The van der Waals surface area contributed by atoms with Crippen LogP contribution < -0.4 is 0 Å². The van der Waals surface area contributed by atoms with Crippen LogP contribution in [0, 0.1) is 5.82 Å². The quantitative estimate of drug-likeness (QED) is 0.734. The number of nitrogens with zero attached hydrogens (tertiary/aromatic N) is 2. The van der Waals surface area contributed by atoms with Gasteiger partial charge in [-0.1, -0.05) is 0 Å². The topological polar surface area (TPSA) is 59.1 Å². The van der Waals surface area contributed by atoms with Gasteiger partial charge in [0, 0.05) is 31.7 Å². The molecular formula is C21H29FN2O4. The van der Waals surface area contributed by atoms with Crippen LogP contribution in [0.2, 0.25) is 0 Å². The van der Waals surface area contributed by atoms with Crippen molar-refractivity contribution in [2.45, 2.75) is 51.2 Å². The number of hydrogen-bond acceptors (Lipinski definition) is 4. The molecule has 1 saturated heterocycles. The molecule has 1 aromatic carbocycles. The van der Waals surface area contributed by atoms with Crippen LogP contribution >= 0.6 is 0 Å². The Morgan fingerprint density at radius 2 is 1.71 bits per heavy atom. The van der Waals surface area contributed by atoms with E-state index in [4.69, 9.17) is 9.47 Å². The van der Waals surface area contributed by atoms with E-state index in [2.05, 4.69) is 0 Å². The standard InChI is InChI=1S/C21H29FN2O4/c1-20(2,3)28-19(26)23-11-4-12-24(15-21(9-10-21)27-14-13-23)18(25)16-5-7-17(22)8-6-16/h5-8H,4,9-15H2,1-3H3. The van der Waals surface area contributed by atoms with E-state index in [1.165, 1.54) is 24.3 Å². The van der Waals surface area contributed by atoms with Crippen LogP contribution in [0.5, 0.6) is 0 Å². The van der Waals surface area contributed by atoms with E-state index in [0.29, 0.717) is 44.8 Å². The van der Waals surface area contributed by atoms with Crippen molar-refractivity contribution in [2.75, 3.05) is 32.8 Å². The molecule has 2 fully saturated rings. The van der Waals surface area contributed by atoms with Crippen LogP contribution in [-0.4, -0.2) is 65.8 Å². The summed E-state index contributed by atoms with van der Waals surface area (Å²) in [5.41, 5.74) is -0.430. The Labute approximate surface area is 165 Å². The van der Waals surface area contributed by atoms with Gasteiger partial charge in [-0.05, 0) is 64.3 Å². The summed E-state index contributed by atoms with van der Waals surface area (Å²) >= 11 is 0. The van der Waals surface area contributed by atoms with E-state index < -0.39 is 5.60 Å². The second kappa shape index (κ2) is 8.07. The minimum Gasteiger partial charge on any atom is -0.444 e. The van der Waals surface area contributed by atoms with Crippen LogP contribution in [0.25, 0.3) is 0 Å². The Morgan fingerprint density at radius 1 is 1.07 bits per heavy atom. The summed E-state index contributed by atoms with van der Waals surface area (Å²) in [4.78, 5) is 28.8. The monoisotopic (exact) mass is 392 g/mol. The van der Waals surface area contributed by atoms with E-state index in [1.54, 1.807) is 9.80 Å². The number of carbonyl (C=O) groups excluding carboxylic acids is 2. The first-order valence-corrected chi connectivity index (χ1v) is 9.84. The van der Waals surface area contributed by atoms with Gasteiger partial charge >= 0.3 is 6.09 Å². The second-order valence-corrected chi connectivity index (χ2v) is 8.59. The van der Waals surface area contributed by atoms with Crippen LogP contribution in [-0.2, 0) is 9.47 Å². The highest BCUT2D eigenvalue weighted by molar-refractivity contribution is 5.94. The highest BCUT2D eigenvalue weighted by Gasteiger charge is 2.46. The molecule has 1 heterocycles. The zero-order valence-electron chi connectivity index (χ0n) is 16.9. The molecule has 0 aromatic heterocycles. The molecule has 1 saturated carbocycles. The number of amides is 2. The molecule has 154 valence electrons. The molecule has 0 bridgehead atoms. The number of carbonyl (C=O) groups is 2. The zero-order valence-corrected chi connectivity index (χ0v) is 16.9. The van der Waals surface area contributed by atoms with Gasteiger partial charge in [0.25, 0.3) is 5.91 Å². The maximum Gasteiger partial charge on any atom is 0.410 e. The van der Waals surface area contributed by atoms with E-state index in [-0.39, 0.29) is 23.4 Å². The summed E-state index contributed by atoms with van der Waals surface area (Å²) in [6.45, 7) is 7.91. The highest BCUT2D eigenvalue weighted by atomic mass is 19.1. The first kappa shape index (κ1) is 20.6. The Kier molecular flexibility index (Phi) is 5.93. The van der Waals surface area contributed by atoms with Gasteiger partial charge in [-0.2, -0.15) is 0 Å². The van der Waals surface area contributed by atoms with Crippen molar-refractivity contribution in [3.63, 3.8) is 0 Å². The summed E-state index contributed by atoms with van der Waals surface area (Å²) in [6.07, 6.45) is 2.07. The van der Waals surface area contributed by atoms with Crippen LogP contribution in [0.15, 0.2) is 24.3 Å². The summed E-state index contributed by atoms with van der Waals surface area (Å²) in [5, 5.41) is 0. The molecule has 0 atom stereocenters. The lowest BCUT2D eigenvalue weighted by molar-refractivity contribution is -0.0180. The van der Waals surface area contributed by atoms with E-state index >= 15 is 0 Å². The fourth-order valence-electron chi connectivity index (χ4n) is 3.31. The average molecular weight is 392 g/mol. The lowest BCUT2D eigenvalue weighted by atomic mass is 10.1. The molecule has 0 unspecified atom stereocenters. The molecule has 3 rings (SSSR count). The van der Waals surface area contributed by atoms with Gasteiger partial charge in [-0.3, -0.25) is 4.79 Å². The summed E-state index contributed by atoms with van der Waals surface area (Å²) in [5.74, 6) is -0.508. The molecule has 1 aliphatic heterocycles. The number of hydrogen-bond donors (Lipinski definition) is 0. The van der Waals surface area contributed by atoms with Gasteiger partial charge in [-0.15, -0.1) is 0 Å². The number of benzene rings is 1. The van der Waals surface area contributed by atoms with E-state index in [9.17, 15) is 14.0 Å². The SMILES string of the molecule is CC(C)(C)OC(=O)N1CCCN(C(=O)c2ccc(F)cc2)CC2(CC2)OCC1. The molecule has 1 aromatic rings. The molecular weight excluding hydrogens is 363 g/mol. The Balaban J connectivity index is 1.69. The lowest BCUT2D eigenvalue weighted by Gasteiger charge is -2.33. The zero-order chi connectivity index (χ0) is 20.4. The molecule has 6 nitrogen and oxygen atoms in total. The van der Waals surface area contributed by atoms with E-state index in [1.807, 2.05) is 20.8 Å². The molecule has 28 heavy (non-hydrogen) atoms. The molecule has 0 radical (unpaired) electrons. The van der Waals surface area contributed by atoms with Crippen molar-refractivity contribution in [3.8, 4) is 0 Å². The van der Waals surface area contributed by atoms with Gasteiger partial charge in [-0.25, -0.2) is 9.18 Å². The third kappa shape index (κ3) is 5.44. The third-order valence-corrected chi connectivity index (χ3v) is 4.94. The average Bonchev–Trinajstić information content (AvgIpc) is 3.37. The molecule has 1 spiro atoms. The van der Waals surface area contributed by atoms with Gasteiger partial charge in [0.2, 0.25) is 0 Å². The van der Waals surface area contributed by atoms with Crippen LogP contribution in [0.1, 0.15) is 50.4 Å². The Hall–Kier alpha value is -2.15. The van der Waals surface area contributed by atoms with Crippen molar-refractivity contribution in [1.82, 2.24) is 9.80 Å². The summed E-state index contributed by atoms with van der Waals surface area (Å²) < 4.78 is 24.7. The predicted molar refractivity (Wildman–Crippen MR) is 103 cm³/mol. The predicted octanol–water partition coefficient (Wildman–Crippen LogP) is 3.46. The molecule has 2 aliphatic rings. The lowest BCUT2D eigenvalue weighted by Crippen LogP contribution is -2.46. The second-order valence-electron chi connectivity index (χ2n) is 8.59. The Morgan fingerprint density at radius 3 is 2.32 bits per heavy atom. The highest BCUT2D eigenvalue weighted by Crippen LogP contribution is 2.40. The first-order chi connectivity index (χ1) is 13.2. The fraction of sp³-hybridized carbons (Fsp3) is 0.619. The fourth-order valence-corrected chi connectivity index (χ4v) is 3.31. The largest absolute Gasteiger partial charge is 0.444 e.